The molecule has 3 amide bonds. The van der Waals surface area contributed by atoms with Crippen molar-refractivity contribution in [2.45, 2.75) is 78.1 Å². The van der Waals surface area contributed by atoms with E-state index in [9.17, 15) is 19.5 Å². The molecule has 0 bridgehead atoms. The van der Waals surface area contributed by atoms with Gasteiger partial charge in [0.15, 0.2) is 0 Å². The Hall–Kier alpha value is -3.10. The van der Waals surface area contributed by atoms with Crippen LogP contribution in [0.2, 0.25) is 5.02 Å². The van der Waals surface area contributed by atoms with Gasteiger partial charge in [-0.15, -0.1) is 0 Å². The molecule has 2 aromatic carbocycles. The summed E-state index contributed by atoms with van der Waals surface area (Å²) in [5.74, 6) is -0.989. The Morgan fingerprint density at radius 3 is 2.14 bits per heavy atom. The minimum atomic E-state index is -1.28. The fourth-order valence-electron chi connectivity index (χ4n) is 4.32. The van der Waals surface area contributed by atoms with E-state index in [4.69, 9.17) is 16.3 Å². The zero-order valence-corrected chi connectivity index (χ0v) is 23.0. The largest absolute Gasteiger partial charge is 0.444 e. The van der Waals surface area contributed by atoms with Crippen molar-refractivity contribution in [2.24, 2.45) is 0 Å². The van der Waals surface area contributed by atoms with Crippen LogP contribution >= 0.6 is 11.6 Å². The summed E-state index contributed by atoms with van der Waals surface area (Å²) in [4.78, 5) is 41.8. The number of aryl methyl sites for hydroxylation is 3. The van der Waals surface area contributed by atoms with Crippen molar-refractivity contribution >= 4 is 35.2 Å². The van der Waals surface area contributed by atoms with Crippen molar-refractivity contribution in [2.75, 3.05) is 11.9 Å². The summed E-state index contributed by atoms with van der Waals surface area (Å²) in [7, 11) is 0. The van der Waals surface area contributed by atoms with Gasteiger partial charge < -0.3 is 25.4 Å². The third-order valence-corrected chi connectivity index (χ3v) is 6.49. The number of aliphatic hydroxyl groups excluding tert-OH is 1. The van der Waals surface area contributed by atoms with Gasteiger partial charge in [-0.05, 0) is 82.7 Å². The number of anilines is 1. The molecule has 200 valence electrons. The van der Waals surface area contributed by atoms with Crippen molar-refractivity contribution in [3.63, 3.8) is 0 Å². The number of alkyl carbamates (subject to hydrolysis) is 1. The maximum Gasteiger partial charge on any atom is 0.408 e. The first-order valence-electron chi connectivity index (χ1n) is 12.4. The first-order chi connectivity index (χ1) is 17.3. The van der Waals surface area contributed by atoms with Gasteiger partial charge in [-0.1, -0.05) is 41.9 Å². The molecule has 0 saturated heterocycles. The molecule has 1 aliphatic carbocycles. The van der Waals surface area contributed by atoms with Crippen LogP contribution in [0.4, 0.5) is 10.5 Å². The standard InChI is InChI=1S/C28H36ClN3O5/c1-16-9-7-10-17(2)22(16)24(25(34)31-23-18(3)11-8-12-20(23)29)32(19-13-14-19)26(35)21(15-33)30-27(36)37-28(4,5)6/h7-12,19,21,24,33H,13-15H2,1-6H3,(H,30,36)(H,31,34). The molecule has 2 aromatic rings. The Morgan fingerprint density at radius 1 is 1.05 bits per heavy atom. The molecule has 3 rings (SSSR count). The van der Waals surface area contributed by atoms with Gasteiger partial charge in [-0.2, -0.15) is 0 Å². The number of ether oxygens (including phenoxy) is 1. The number of rotatable bonds is 8. The molecule has 2 atom stereocenters. The molecule has 0 radical (unpaired) electrons. The Balaban J connectivity index is 2.04. The molecule has 0 aliphatic heterocycles. The topological polar surface area (TPSA) is 108 Å². The lowest BCUT2D eigenvalue weighted by Crippen LogP contribution is -2.54. The van der Waals surface area contributed by atoms with Gasteiger partial charge in [0, 0.05) is 6.04 Å². The third-order valence-electron chi connectivity index (χ3n) is 6.18. The summed E-state index contributed by atoms with van der Waals surface area (Å²) < 4.78 is 5.29. The van der Waals surface area contributed by atoms with Gasteiger partial charge in [0.1, 0.15) is 17.7 Å². The number of aliphatic hydroxyl groups is 1. The van der Waals surface area contributed by atoms with Crippen LogP contribution in [0.3, 0.4) is 0 Å². The minimum Gasteiger partial charge on any atom is -0.444 e. The van der Waals surface area contributed by atoms with Crippen molar-refractivity contribution in [3.8, 4) is 0 Å². The maximum absolute atomic E-state index is 14.0. The van der Waals surface area contributed by atoms with E-state index in [2.05, 4.69) is 10.6 Å². The van der Waals surface area contributed by atoms with E-state index >= 15 is 0 Å². The molecular formula is C28H36ClN3O5. The molecule has 1 fully saturated rings. The van der Waals surface area contributed by atoms with Crippen LogP contribution in [-0.4, -0.2) is 52.2 Å². The van der Waals surface area contributed by atoms with Crippen LogP contribution in [0.25, 0.3) is 0 Å². The Bertz CT molecular complexity index is 1130. The monoisotopic (exact) mass is 529 g/mol. The zero-order valence-electron chi connectivity index (χ0n) is 22.2. The predicted molar refractivity (Wildman–Crippen MR) is 144 cm³/mol. The van der Waals surface area contributed by atoms with Gasteiger partial charge in [-0.25, -0.2) is 4.79 Å². The number of amides is 3. The summed E-state index contributed by atoms with van der Waals surface area (Å²) in [6.45, 7) is 10.1. The summed E-state index contributed by atoms with van der Waals surface area (Å²) in [6, 6.07) is 8.49. The van der Waals surface area contributed by atoms with E-state index in [1.807, 2.05) is 45.0 Å². The average Bonchev–Trinajstić information content (AvgIpc) is 3.62. The number of nitrogens with one attached hydrogen (secondary N) is 2. The number of hydrogen-bond donors (Lipinski definition) is 3. The van der Waals surface area contributed by atoms with Gasteiger partial charge in [0.2, 0.25) is 5.91 Å². The lowest BCUT2D eigenvalue weighted by Gasteiger charge is -2.35. The van der Waals surface area contributed by atoms with Crippen LogP contribution in [0.15, 0.2) is 36.4 Å². The SMILES string of the molecule is Cc1cccc(Cl)c1NC(=O)C(c1c(C)cccc1C)N(C(=O)C(CO)NC(=O)OC(C)(C)C)C1CC1. The van der Waals surface area contributed by atoms with Gasteiger partial charge >= 0.3 is 6.09 Å². The van der Waals surface area contributed by atoms with Crippen molar-refractivity contribution < 1.29 is 24.2 Å². The lowest BCUT2D eigenvalue weighted by atomic mass is 9.93. The number of carbonyl (C=O) groups excluding carboxylic acids is 3. The molecule has 1 saturated carbocycles. The summed E-state index contributed by atoms with van der Waals surface area (Å²) >= 11 is 6.40. The van der Waals surface area contributed by atoms with Gasteiger partial charge in [0.05, 0.1) is 17.3 Å². The highest BCUT2D eigenvalue weighted by Gasteiger charge is 2.45. The molecule has 2 unspecified atom stereocenters. The number of benzene rings is 2. The lowest BCUT2D eigenvalue weighted by molar-refractivity contribution is -0.142. The molecule has 8 nitrogen and oxygen atoms in total. The van der Waals surface area contributed by atoms with Crippen LogP contribution in [0, 0.1) is 20.8 Å². The van der Waals surface area contributed by atoms with E-state index in [0.29, 0.717) is 29.1 Å². The highest BCUT2D eigenvalue weighted by atomic mass is 35.5. The third kappa shape index (κ3) is 7.02. The number of nitrogens with zero attached hydrogens (tertiary/aromatic N) is 1. The van der Waals surface area contributed by atoms with Crippen molar-refractivity contribution in [1.29, 1.82) is 0 Å². The Morgan fingerprint density at radius 2 is 1.62 bits per heavy atom. The number of halogens is 1. The molecule has 0 heterocycles. The minimum absolute atomic E-state index is 0.218. The number of carbonyl (C=O) groups is 3. The second kappa shape index (κ2) is 11.5. The first-order valence-corrected chi connectivity index (χ1v) is 12.8. The molecule has 0 spiro atoms. The highest BCUT2D eigenvalue weighted by Crippen LogP contribution is 2.39. The van der Waals surface area contributed by atoms with Gasteiger partial charge in [0.25, 0.3) is 5.91 Å². The quantitative estimate of drug-likeness (QED) is 0.454. The maximum atomic E-state index is 14.0. The fourth-order valence-corrected chi connectivity index (χ4v) is 4.59. The van der Waals surface area contributed by atoms with Crippen LogP contribution in [-0.2, 0) is 14.3 Å². The van der Waals surface area contributed by atoms with E-state index in [1.54, 1.807) is 32.9 Å². The molecular weight excluding hydrogens is 494 g/mol. The van der Waals surface area contributed by atoms with E-state index in [1.165, 1.54) is 4.90 Å². The van der Waals surface area contributed by atoms with E-state index in [0.717, 1.165) is 16.7 Å². The van der Waals surface area contributed by atoms with Gasteiger partial charge in [-0.3, -0.25) is 9.59 Å². The van der Waals surface area contributed by atoms with Crippen molar-refractivity contribution in [3.05, 3.63) is 63.7 Å². The highest BCUT2D eigenvalue weighted by molar-refractivity contribution is 6.34. The predicted octanol–water partition coefficient (Wildman–Crippen LogP) is 4.82. The smallest absolute Gasteiger partial charge is 0.408 e. The average molecular weight is 530 g/mol. The van der Waals surface area contributed by atoms with Crippen molar-refractivity contribution in [1.82, 2.24) is 10.2 Å². The molecule has 3 N–H and O–H groups in total. The second-order valence-electron chi connectivity index (χ2n) is 10.5. The second-order valence-corrected chi connectivity index (χ2v) is 10.9. The summed E-state index contributed by atoms with van der Waals surface area (Å²) in [5, 5.41) is 15.9. The Labute approximate surface area is 223 Å². The zero-order chi connectivity index (χ0) is 27.5. The molecule has 1 aliphatic rings. The molecule has 37 heavy (non-hydrogen) atoms. The summed E-state index contributed by atoms with van der Waals surface area (Å²) in [5.41, 5.74) is 2.85. The van der Waals surface area contributed by atoms with E-state index in [-0.39, 0.29) is 6.04 Å². The first kappa shape index (κ1) is 28.5. The fraction of sp³-hybridized carbons (Fsp3) is 0.464. The number of hydrogen-bond acceptors (Lipinski definition) is 5. The Kier molecular flexibility index (Phi) is 8.87. The molecule has 0 aromatic heterocycles. The molecule has 9 heteroatoms. The number of para-hydroxylation sites is 1. The normalized spacial score (nSPS) is 14.9. The van der Waals surface area contributed by atoms with E-state index < -0.39 is 42.2 Å². The summed E-state index contributed by atoms with van der Waals surface area (Å²) in [6.07, 6.45) is 0.585. The van der Waals surface area contributed by atoms with Crippen LogP contribution in [0.5, 0.6) is 0 Å². The van der Waals surface area contributed by atoms with Crippen LogP contribution < -0.4 is 10.6 Å². The van der Waals surface area contributed by atoms with Crippen LogP contribution in [0.1, 0.15) is 61.9 Å².